The van der Waals surface area contributed by atoms with Crippen LogP contribution in [0, 0.1) is 30.3 Å². The summed E-state index contributed by atoms with van der Waals surface area (Å²) < 4.78 is 4.62. The summed E-state index contributed by atoms with van der Waals surface area (Å²) in [7, 11) is 0. The van der Waals surface area contributed by atoms with E-state index in [0.29, 0.717) is 6.07 Å². The average molecular weight is 420 g/mol. The number of ether oxygens (including phenoxy) is 1. The number of halogens is 1. The molecule has 134 valence electrons. The van der Waals surface area contributed by atoms with Gasteiger partial charge in [0.25, 0.3) is 5.69 Å². The molecule has 1 N–H and O–H groups in total. The lowest BCUT2D eigenvalue weighted by Gasteiger charge is -2.07. The van der Waals surface area contributed by atoms with Gasteiger partial charge in [0.1, 0.15) is 5.69 Å². The molecule has 1 aromatic rings. The zero-order valence-electron chi connectivity index (χ0n) is 12.4. The summed E-state index contributed by atoms with van der Waals surface area (Å²) in [6, 6.07) is 2.63. The van der Waals surface area contributed by atoms with Gasteiger partial charge >= 0.3 is 16.6 Å². The van der Waals surface area contributed by atoms with E-state index in [1.807, 2.05) is 0 Å². The van der Waals surface area contributed by atoms with Gasteiger partial charge in [0, 0.05) is 26.9 Å². The molecule has 13 nitrogen and oxygen atoms in total. The number of anilines is 1. The fraction of sp³-hybridized carbons (Fsp3) is 0.273. The van der Waals surface area contributed by atoms with Crippen molar-refractivity contribution >= 4 is 44.7 Å². The summed E-state index contributed by atoms with van der Waals surface area (Å²) in [5, 5.41) is 36.0. The number of esters is 1. The lowest BCUT2D eigenvalue weighted by atomic mass is 10.2. The summed E-state index contributed by atoms with van der Waals surface area (Å²) in [6.07, 6.45) is 0. The zero-order valence-corrected chi connectivity index (χ0v) is 14.0. The van der Waals surface area contributed by atoms with Crippen molar-refractivity contribution in [1.82, 2.24) is 0 Å². The maximum Gasteiger partial charge on any atom is 0.362 e. The molecule has 0 bridgehead atoms. The number of nitro benzene ring substituents is 2. The highest BCUT2D eigenvalue weighted by molar-refractivity contribution is 9.09. The smallest absolute Gasteiger partial charge is 0.362 e. The van der Waals surface area contributed by atoms with Crippen LogP contribution in [0.3, 0.4) is 0 Å². The second kappa shape index (κ2) is 8.62. The standard InChI is InChI=1S/C11H10BrN5O8/c1-2-25-11(18)9(10(12)17(23)24)14-13-7-4-3-6(15(19)20)5-8(7)16(21)22/h3-5,10,13H,2H2,1H3. The third kappa shape index (κ3) is 5.17. The highest BCUT2D eigenvalue weighted by Gasteiger charge is 2.32. The van der Waals surface area contributed by atoms with Gasteiger partial charge in [-0.3, -0.25) is 35.8 Å². The van der Waals surface area contributed by atoms with E-state index in [1.54, 1.807) is 0 Å². The number of rotatable bonds is 8. The lowest BCUT2D eigenvalue weighted by Crippen LogP contribution is -2.32. The molecule has 0 aliphatic rings. The van der Waals surface area contributed by atoms with E-state index in [0.717, 1.165) is 12.1 Å². The van der Waals surface area contributed by atoms with Gasteiger partial charge in [0.2, 0.25) is 5.71 Å². The number of hydrogen-bond acceptors (Lipinski definition) is 10. The number of carbonyl (C=O) groups is 1. The molecule has 0 fully saturated rings. The summed E-state index contributed by atoms with van der Waals surface area (Å²) in [5.74, 6) is -1.11. The Labute approximate surface area is 147 Å². The number of nitrogens with one attached hydrogen (secondary N) is 1. The maximum atomic E-state index is 11.7. The van der Waals surface area contributed by atoms with Crippen LogP contribution < -0.4 is 5.43 Å². The van der Waals surface area contributed by atoms with Gasteiger partial charge in [0.05, 0.1) is 22.5 Å². The van der Waals surface area contributed by atoms with Crippen molar-refractivity contribution in [2.24, 2.45) is 5.10 Å². The molecule has 0 heterocycles. The van der Waals surface area contributed by atoms with Crippen molar-refractivity contribution in [2.75, 3.05) is 12.0 Å². The Balaban J connectivity index is 3.26. The van der Waals surface area contributed by atoms with E-state index in [1.165, 1.54) is 6.92 Å². The minimum Gasteiger partial charge on any atom is -0.461 e. The van der Waals surface area contributed by atoms with Crippen molar-refractivity contribution in [3.8, 4) is 0 Å². The second-order valence-corrected chi connectivity index (χ2v) is 5.03. The normalized spacial score (nSPS) is 12.2. The molecule has 14 heteroatoms. The topological polar surface area (TPSA) is 180 Å². The van der Waals surface area contributed by atoms with Gasteiger partial charge in [-0.05, 0) is 13.0 Å². The van der Waals surface area contributed by atoms with Gasteiger partial charge < -0.3 is 4.74 Å². The van der Waals surface area contributed by atoms with Crippen LogP contribution in [0.5, 0.6) is 0 Å². The first-order valence-corrected chi connectivity index (χ1v) is 7.31. The first-order chi connectivity index (χ1) is 11.7. The number of carbonyl (C=O) groups excluding carboxylic acids is 1. The van der Waals surface area contributed by atoms with Crippen molar-refractivity contribution in [1.29, 1.82) is 0 Å². The third-order valence-corrected chi connectivity index (χ3v) is 3.35. The lowest BCUT2D eigenvalue weighted by molar-refractivity contribution is -0.474. The van der Waals surface area contributed by atoms with Crippen molar-refractivity contribution in [3.63, 3.8) is 0 Å². The van der Waals surface area contributed by atoms with Gasteiger partial charge in [-0.2, -0.15) is 5.10 Å². The fourth-order valence-corrected chi connectivity index (χ4v) is 1.79. The predicted molar refractivity (Wildman–Crippen MR) is 87.2 cm³/mol. The molecule has 0 amide bonds. The zero-order chi connectivity index (χ0) is 19.1. The second-order valence-electron chi connectivity index (χ2n) is 4.17. The first-order valence-electron chi connectivity index (χ1n) is 6.40. The highest BCUT2D eigenvalue weighted by Crippen LogP contribution is 2.29. The highest BCUT2D eigenvalue weighted by atomic mass is 79.9. The molecular weight excluding hydrogens is 410 g/mol. The average Bonchev–Trinajstić information content (AvgIpc) is 2.54. The Bertz CT molecular complexity index is 752. The van der Waals surface area contributed by atoms with Gasteiger partial charge in [-0.15, -0.1) is 0 Å². The summed E-state index contributed by atoms with van der Waals surface area (Å²) in [5.41, 5.74) is -0.108. The van der Waals surface area contributed by atoms with E-state index in [2.05, 4.69) is 31.2 Å². The maximum absolute atomic E-state index is 11.7. The number of benzene rings is 1. The van der Waals surface area contributed by atoms with E-state index in [9.17, 15) is 35.1 Å². The van der Waals surface area contributed by atoms with Crippen LogP contribution >= 0.6 is 15.9 Å². The Morgan fingerprint density at radius 2 is 1.92 bits per heavy atom. The van der Waals surface area contributed by atoms with Crippen LogP contribution in [0.1, 0.15) is 6.92 Å². The predicted octanol–water partition coefficient (Wildman–Crippen LogP) is 1.83. The molecule has 0 aromatic heterocycles. The molecule has 25 heavy (non-hydrogen) atoms. The third-order valence-electron chi connectivity index (χ3n) is 2.58. The van der Waals surface area contributed by atoms with Gasteiger partial charge in [-0.1, -0.05) is 0 Å². The minimum absolute atomic E-state index is 0.0764. The molecule has 0 saturated heterocycles. The number of non-ortho nitro benzene ring substituents is 1. The molecule has 0 radical (unpaired) electrons. The van der Waals surface area contributed by atoms with E-state index >= 15 is 0 Å². The molecule has 0 aliphatic heterocycles. The van der Waals surface area contributed by atoms with Crippen LogP contribution in [0.2, 0.25) is 0 Å². The van der Waals surface area contributed by atoms with Crippen molar-refractivity contribution < 1.29 is 24.3 Å². The van der Waals surface area contributed by atoms with Gasteiger partial charge in [-0.25, -0.2) is 4.79 Å². The van der Waals surface area contributed by atoms with Crippen LogP contribution in [-0.2, 0) is 9.53 Å². The molecule has 1 aromatic carbocycles. The van der Waals surface area contributed by atoms with E-state index < -0.39 is 42.8 Å². The van der Waals surface area contributed by atoms with Crippen LogP contribution in [0.4, 0.5) is 17.1 Å². The number of nitro groups is 3. The summed E-state index contributed by atoms with van der Waals surface area (Å²) in [4.78, 5) is 39.9. The molecule has 1 unspecified atom stereocenters. The molecule has 0 aliphatic carbocycles. The minimum atomic E-state index is -1.73. The van der Waals surface area contributed by atoms with E-state index in [4.69, 9.17) is 0 Å². The summed E-state index contributed by atoms with van der Waals surface area (Å²) in [6.45, 7) is 1.40. The number of nitrogens with zero attached hydrogens (tertiary/aromatic N) is 4. The van der Waals surface area contributed by atoms with Crippen molar-refractivity contribution in [3.05, 3.63) is 48.5 Å². The number of hydrogen-bond donors (Lipinski definition) is 1. The van der Waals surface area contributed by atoms with Gasteiger partial charge in [0.15, 0.2) is 0 Å². The largest absolute Gasteiger partial charge is 0.461 e. The molecular formula is C11H10BrN5O8. The quantitative estimate of drug-likeness (QED) is 0.164. The Morgan fingerprint density at radius 3 is 2.40 bits per heavy atom. The molecule has 1 atom stereocenters. The van der Waals surface area contributed by atoms with Crippen LogP contribution in [0.25, 0.3) is 0 Å². The molecule has 0 spiro atoms. The Hall–Kier alpha value is -3.16. The summed E-state index contributed by atoms with van der Waals surface area (Å²) >= 11 is 2.64. The SMILES string of the molecule is CCOC(=O)C(=NNc1ccc([N+](=O)[O-])cc1[N+](=O)[O-])C(Br)[N+](=O)[O-]. The Morgan fingerprint density at radius 1 is 1.28 bits per heavy atom. The van der Waals surface area contributed by atoms with Crippen LogP contribution in [-0.4, -0.2) is 38.0 Å². The fourth-order valence-electron chi connectivity index (χ4n) is 1.50. The van der Waals surface area contributed by atoms with Crippen molar-refractivity contribution in [2.45, 2.75) is 11.9 Å². The first kappa shape index (κ1) is 19.9. The van der Waals surface area contributed by atoms with Crippen LogP contribution in [0.15, 0.2) is 23.3 Å². The van der Waals surface area contributed by atoms with E-state index in [-0.39, 0.29) is 12.3 Å². The Kier molecular flexibility index (Phi) is 6.86. The monoisotopic (exact) mass is 419 g/mol. The molecule has 0 saturated carbocycles. The number of alkyl halides is 1. The number of hydrazone groups is 1. The molecule has 1 rings (SSSR count).